The van der Waals surface area contributed by atoms with Gasteiger partial charge in [0.05, 0.1) is 5.69 Å². The van der Waals surface area contributed by atoms with E-state index in [9.17, 15) is 4.79 Å². The number of nitrogens with one attached hydrogen (secondary N) is 1. The lowest BCUT2D eigenvalue weighted by molar-refractivity contribution is -0.132. The molecule has 0 aliphatic carbocycles. The van der Waals surface area contributed by atoms with Crippen molar-refractivity contribution >= 4 is 29.7 Å². The van der Waals surface area contributed by atoms with Crippen LogP contribution >= 0.6 is 11.6 Å². The molecule has 1 aromatic heterocycles. The molecule has 1 aromatic carbocycles. The quantitative estimate of drug-likeness (QED) is 0.738. The van der Waals surface area contributed by atoms with E-state index in [0.29, 0.717) is 11.7 Å². The van der Waals surface area contributed by atoms with Gasteiger partial charge < -0.3 is 10.1 Å². The first-order chi connectivity index (χ1) is 11.4. The average Bonchev–Trinajstić information content (AvgIpc) is 2.87. The van der Waals surface area contributed by atoms with Crippen LogP contribution < -0.4 is 0 Å². The molecule has 0 atom stereocenters. The summed E-state index contributed by atoms with van der Waals surface area (Å²) in [7, 11) is 0. The Morgan fingerprint density at radius 2 is 2.00 bits per heavy atom. The lowest BCUT2D eigenvalue weighted by Crippen LogP contribution is -1.96. The number of aromatic amines is 1. The molecule has 126 valence electrons. The molecule has 0 radical (unpaired) electrons. The second-order valence-electron chi connectivity index (χ2n) is 4.96. The van der Waals surface area contributed by atoms with Gasteiger partial charge in [0.2, 0.25) is 5.28 Å². The molecular formula is C19H21ClN2O2. The zero-order valence-electron chi connectivity index (χ0n) is 13.8. The molecule has 5 heteroatoms. The molecule has 2 N–H and O–H groups in total. The molecule has 0 aliphatic heterocycles. The summed E-state index contributed by atoms with van der Waals surface area (Å²) in [6.07, 6.45) is 7.90. The number of carbonyl (C=O) groups is 1. The second kappa shape index (κ2) is 10.2. The highest BCUT2D eigenvalue weighted by atomic mass is 35.5. The number of allylic oxidation sites excluding steroid dienone is 2. The molecule has 0 bridgehead atoms. The highest BCUT2D eigenvalue weighted by Crippen LogP contribution is 2.10. The van der Waals surface area contributed by atoms with Gasteiger partial charge in [0.15, 0.2) is 0 Å². The first-order valence-electron chi connectivity index (χ1n) is 7.41. The maximum atomic E-state index is 10.4. The van der Waals surface area contributed by atoms with Gasteiger partial charge in [-0.1, -0.05) is 55.1 Å². The first kappa shape index (κ1) is 19.5. The van der Waals surface area contributed by atoms with Gasteiger partial charge in [-0.05, 0) is 43.5 Å². The fourth-order valence-corrected chi connectivity index (χ4v) is 1.98. The number of carboxylic acid groups (broad SMARTS) is 1. The van der Waals surface area contributed by atoms with Gasteiger partial charge in [-0.15, -0.1) is 0 Å². The van der Waals surface area contributed by atoms with Crippen molar-refractivity contribution in [3.05, 3.63) is 76.9 Å². The number of nitrogens with zero attached hydrogens (tertiary/aromatic N) is 1. The van der Waals surface area contributed by atoms with Crippen LogP contribution in [-0.2, 0) is 4.79 Å². The summed E-state index contributed by atoms with van der Waals surface area (Å²) in [6.45, 7) is 7.32. The van der Waals surface area contributed by atoms with E-state index in [1.165, 1.54) is 0 Å². The number of carboxylic acids is 1. The molecule has 0 amide bonds. The van der Waals surface area contributed by atoms with Crippen LogP contribution in [0, 0.1) is 6.92 Å². The first-order valence-corrected chi connectivity index (χ1v) is 7.79. The monoisotopic (exact) mass is 344 g/mol. The van der Waals surface area contributed by atoms with Crippen LogP contribution in [0.5, 0.6) is 0 Å². The van der Waals surface area contributed by atoms with E-state index >= 15 is 0 Å². The number of hydrogen-bond acceptors (Lipinski definition) is 2. The fourth-order valence-electron chi connectivity index (χ4n) is 1.75. The molecule has 0 aliphatic rings. The number of imidazole rings is 1. The smallest absolute Gasteiger partial charge is 0.331 e. The predicted molar refractivity (Wildman–Crippen MR) is 99.9 cm³/mol. The van der Waals surface area contributed by atoms with Crippen molar-refractivity contribution in [1.82, 2.24) is 9.97 Å². The summed E-state index contributed by atoms with van der Waals surface area (Å²) < 4.78 is 0. The van der Waals surface area contributed by atoms with E-state index < -0.39 is 5.97 Å². The molecule has 24 heavy (non-hydrogen) atoms. The van der Waals surface area contributed by atoms with Crippen molar-refractivity contribution in [2.24, 2.45) is 0 Å². The number of H-pyrrole nitrogens is 1. The number of aryl methyl sites for hydroxylation is 1. The van der Waals surface area contributed by atoms with E-state index in [0.717, 1.165) is 17.0 Å². The Kier molecular flexibility index (Phi) is 8.30. The maximum Gasteiger partial charge on any atom is 0.331 e. The summed E-state index contributed by atoms with van der Waals surface area (Å²) in [5, 5.41) is 9.00. The minimum atomic E-state index is -0.942. The van der Waals surface area contributed by atoms with E-state index in [1.807, 2.05) is 62.4 Å². The standard InChI is InChI=1S/C12H12O2.C7H9ClN2/c1-10(12(13)14)6-5-9-11-7-3-2-4-8-11;1-3-4-6-5(2)9-7(8)10-6/h2-5,7-9H,1,6H2,(H,13,14);3-4H,1-2H3,(H,9,10). The number of benzene rings is 1. The Morgan fingerprint density at radius 3 is 2.50 bits per heavy atom. The summed E-state index contributed by atoms with van der Waals surface area (Å²) >= 11 is 5.60. The molecular weight excluding hydrogens is 324 g/mol. The van der Waals surface area contributed by atoms with Gasteiger partial charge in [-0.25, -0.2) is 9.78 Å². The minimum Gasteiger partial charge on any atom is -0.478 e. The third kappa shape index (κ3) is 7.11. The number of aromatic nitrogens is 2. The van der Waals surface area contributed by atoms with Crippen LogP contribution in [0.3, 0.4) is 0 Å². The lowest BCUT2D eigenvalue weighted by atomic mass is 10.1. The van der Waals surface area contributed by atoms with Crippen LogP contribution in [0.2, 0.25) is 5.28 Å². The summed E-state index contributed by atoms with van der Waals surface area (Å²) in [4.78, 5) is 17.3. The largest absolute Gasteiger partial charge is 0.478 e. The normalized spacial score (nSPS) is 10.6. The zero-order chi connectivity index (χ0) is 17.9. The maximum absolute atomic E-state index is 10.4. The third-order valence-electron chi connectivity index (χ3n) is 2.99. The van der Waals surface area contributed by atoms with E-state index in [1.54, 1.807) is 6.08 Å². The van der Waals surface area contributed by atoms with Gasteiger partial charge in [0.25, 0.3) is 0 Å². The molecule has 2 rings (SSSR count). The van der Waals surface area contributed by atoms with Gasteiger partial charge in [0.1, 0.15) is 0 Å². The predicted octanol–water partition coefficient (Wildman–Crippen LogP) is 5.14. The van der Waals surface area contributed by atoms with Gasteiger partial charge in [-0.3, -0.25) is 0 Å². The highest BCUT2D eigenvalue weighted by molar-refractivity contribution is 6.28. The zero-order valence-corrected chi connectivity index (χ0v) is 14.5. The van der Waals surface area contributed by atoms with E-state index in [4.69, 9.17) is 16.7 Å². The van der Waals surface area contributed by atoms with Crippen molar-refractivity contribution in [2.75, 3.05) is 0 Å². The van der Waals surface area contributed by atoms with Crippen LogP contribution in [0.1, 0.15) is 30.3 Å². The molecule has 0 spiro atoms. The number of aliphatic carboxylic acids is 1. The Hall–Kier alpha value is -2.59. The number of hydrogen-bond donors (Lipinski definition) is 2. The lowest BCUT2D eigenvalue weighted by Gasteiger charge is -1.93. The van der Waals surface area contributed by atoms with Crippen molar-refractivity contribution in [3.8, 4) is 0 Å². The second-order valence-corrected chi connectivity index (χ2v) is 5.32. The van der Waals surface area contributed by atoms with Crippen LogP contribution in [-0.4, -0.2) is 21.0 Å². The molecule has 0 fully saturated rings. The molecule has 1 heterocycles. The van der Waals surface area contributed by atoms with Crippen LogP contribution in [0.25, 0.3) is 12.2 Å². The average molecular weight is 345 g/mol. The molecule has 0 saturated heterocycles. The highest BCUT2D eigenvalue weighted by Gasteiger charge is 1.99. The number of halogens is 1. The van der Waals surface area contributed by atoms with Crippen molar-refractivity contribution in [2.45, 2.75) is 20.3 Å². The molecule has 4 nitrogen and oxygen atoms in total. The van der Waals surface area contributed by atoms with Crippen molar-refractivity contribution in [3.63, 3.8) is 0 Å². The van der Waals surface area contributed by atoms with Crippen molar-refractivity contribution in [1.29, 1.82) is 0 Å². The Balaban J connectivity index is 0.000000254. The topological polar surface area (TPSA) is 66.0 Å². The summed E-state index contributed by atoms with van der Waals surface area (Å²) in [5.74, 6) is -0.942. The molecule has 0 unspecified atom stereocenters. The van der Waals surface area contributed by atoms with Gasteiger partial charge in [0, 0.05) is 11.3 Å². The SMILES string of the molecule is C=C(CC=Cc1ccccc1)C(=O)O.CC=Cc1nc(Cl)[nH]c1C. The third-order valence-corrected chi connectivity index (χ3v) is 3.17. The molecule has 0 saturated carbocycles. The summed E-state index contributed by atoms with van der Waals surface area (Å²) in [6, 6.07) is 9.73. The van der Waals surface area contributed by atoms with Crippen LogP contribution in [0.15, 0.2) is 54.6 Å². The van der Waals surface area contributed by atoms with E-state index in [-0.39, 0.29) is 5.57 Å². The van der Waals surface area contributed by atoms with Crippen LogP contribution in [0.4, 0.5) is 0 Å². The van der Waals surface area contributed by atoms with Gasteiger partial charge >= 0.3 is 5.97 Å². The Morgan fingerprint density at radius 1 is 1.33 bits per heavy atom. The molecule has 2 aromatic rings. The minimum absolute atomic E-state index is 0.206. The van der Waals surface area contributed by atoms with Crippen molar-refractivity contribution < 1.29 is 9.90 Å². The fraction of sp³-hybridized carbons (Fsp3) is 0.158. The Bertz CT molecular complexity index is 731. The number of rotatable bonds is 5. The van der Waals surface area contributed by atoms with E-state index in [2.05, 4.69) is 16.5 Å². The Labute approximate surface area is 147 Å². The summed E-state index contributed by atoms with van der Waals surface area (Å²) in [5.41, 5.74) is 3.18. The van der Waals surface area contributed by atoms with Gasteiger partial charge in [-0.2, -0.15) is 0 Å².